The molecule has 4 nitrogen and oxygen atoms in total. The largest absolute Gasteiger partial charge is 0.350 e. The minimum Gasteiger partial charge on any atom is -0.350 e. The van der Waals surface area contributed by atoms with Gasteiger partial charge < -0.3 is 10.6 Å². The van der Waals surface area contributed by atoms with Crippen molar-refractivity contribution in [3.8, 4) is 12.3 Å². The van der Waals surface area contributed by atoms with Crippen LogP contribution in [0.2, 0.25) is 0 Å². The Balaban J connectivity index is 2.46. The first-order chi connectivity index (χ1) is 10.1. The Morgan fingerprint density at radius 2 is 1.95 bits per heavy atom. The molecule has 0 saturated carbocycles. The van der Waals surface area contributed by atoms with Crippen LogP contribution in [0, 0.1) is 12.3 Å². The van der Waals surface area contributed by atoms with E-state index in [1.54, 1.807) is 0 Å². The first kappa shape index (κ1) is 16.8. The van der Waals surface area contributed by atoms with E-state index >= 15 is 0 Å². The number of hydrogen-bond donors (Lipinski definition) is 2. The Labute approximate surface area is 126 Å². The molecule has 2 N–H and O–H groups in total. The van der Waals surface area contributed by atoms with E-state index in [9.17, 15) is 9.59 Å². The molecule has 0 spiro atoms. The number of unbranched alkanes of at least 4 members (excludes halogenated alkanes) is 2. The van der Waals surface area contributed by atoms with Crippen LogP contribution in [0.25, 0.3) is 0 Å². The summed E-state index contributed by atoms with van der Waals surface area (Å²) < 4.78 is 0. The van der Waals surface area contributed by atoms with Crippen LogP contribution in [-0.4, -0.2) is 17.9 Å². The molecular formula is C17H22N2O2. The van der Waals surface area contributed by atoms with Gasteiger partial charge in [-0.25, -0.2) is 0 Å². The van der Waals surface area contributed by atoms with Gasteiger partial charge in [-0.3, -0.25) is 9.59 Å². The molecule has 1 unspecified atom stereocenters. The quantitative estimate of drug-likeness (QED) is 0.567. The molecule has 0 bridgehead atoms. The topological polar surface area (TPSA) is 58.2 Å². The van der Waals surface area contributed by atoms with Gasteiger partial charge in [-0.15, -0.1) is 12.3 Å². The summed E-state index contributed by atoms with van der Waals surface area (Å²) in [5.74, 6) is 2.21. The van der Waals surface area contributed by atoms with Gasteiger partial charge in [0.1, 0.15) is 6.04 Å². The number of terminal acetylenes is 1. The summed E-state index contributed by atoms with van der Waals surface area (Å²) in [6.07, 6.45) is 8.16. The fraction of sp³-hybridized carbons (Fsp3) is 0.412. The molecule has 0 fully saturated rings. The van der Waals surface area contributed by atoms with Crippen molar-refractivity contribution in [2.24, 2.45) is 0 Å². The zero-order valence-corrected chi connectivity index (χ0v) is 12.4. The number of amides is 2. The van der Waals surface area contributed by atoms with E-state index in [-0.39, 0.29) is 11.8 Å². The SMILES string of the molecule is C#CCCCCC(NC(C)=O)C(=O)NCc1ccccc1. The fourth-order valence-corrected chi connectivity index (χ4v) is 2.00. The molecule has 0 aliphatic rings. The number of carbonyl (C=O) groups is 2. The summed E-state index contributed by atoms with van der Waals surface area (Å²) in [6.45, 7) is 1.87. The van der Waals surface area contributed by atoms with Crippen molar-refractivity contribution in [3.05, 3.63) is 35.9 Å². The number of rotatable bonds is 8. The predicted octanol–water partition coefficient (Wildman–Crippen LogP) is 2.00. The van der Waals surface area contributed by atoms with Gasteiger partial charge in [0.15, 0.2) is 0 Å². The van der Waals surface area contributed by atoms with Crippen LogP contribution in [0.1, 0.15) is 38.2 Å². The maximum Gasteiger partial charge on any atom is 0.242 e. The zero-order valence-electron chi connectivity index (χ0n) is 12.4. The highest BCUT2D eigenvalue weighted by Crippen LogP contribution is 2.05. The summed E-state index contributed by atoms with van der Waals surface area (Å²) in [5.41, 5.74) is 1.03. The third-order valence-corrected chi connectivity index (χ3v) is 3.07. The summed E-state index contributed by atoms with van der Waals surface area (Å²) in [5, 5.41) is 5.54. The minimum absolute atomic E-state index is 0.158. The molecule has 0 heterocycles. The van der Waals surface area contributed by atoms with Crippen LogP contribution in [0.5, 0.6) is 0 Å². The van der Waals surface area contributed by atoms with E-state index in [4.69, 9.17) is 6.42 Å². The Kier molecular flexibility index (Phi) is 7.67. The number of nitrogens with one attached hydrogen (secondary N) is 2. The van der Waals surface area contributed by atoms with Crippen molar-refractivity contribution in [1.82, 2.24) is 10.6 Å². The van der Waals surface area contributed by atoms with Gasteiger partial charge in [0.2, 0.25) is 11.8 Å². The second-order valence-corrected chi connectivity index (χ2v) is 4.91. The average molecular weight is 286 g/mol. The molecule has 0 aromatic heterocycles. The molecule has 0 aliphatic heterocycles. The van der Waals surface area contributed by atoms with E-state index in [0.29, 0.717) is 19.4 Å². The van der Waals surface area contributed by atoms with Crippen molar-refractivity contribution in [2.45, 2.75) is 45.2 Å². The second kappa shape index (κ2) is 9.60. The molecule has 112 valence electrons. The van der Waals surface area contributed by atoms with Crippen LogP contribution < -0.4 is 10.6 Å². The molecule has 1 atom stereocenters. The first-order valence-electron chi connectivity index (χ1n) is 7.15. The molecule has 1 rings (SSSR count). The molecule has 0 saturated heterocycles. The lowest BCUT2D eigenvalue weighted by molar-refractivity contribution is -0.128. The molecule has 0 aliphatic carbocycles. The van der Waals surface area contributed by atoms with Gasteiger partial charge in [0, 0.05) is 19.9 Å². The minimum atomic E-state index is -0.496. The van der Waals surface area contributed by atoms with E-state index in [1.807, 2.05) is 30.3 Å². The second-order valence-electron chi connectivity index (χ2n) is 4.91. The Hall–Kier alpha value is -2.28. The highest BCUT2D eigenvalue weighted by molar-refractivity contribution is 5.86. The van der Waals surface area contributed by atoms with Crippen molar-refractivity contribution < 1.29 is 9.59 Å². The monoisotopic (exact) mass is 286 g/mol. The first-order valence-corrected chi connectivity index (χ1v) is 7.15. The maximum atomic E-state index is 12.1. The highest BCUT2D eigenvalue weighted by Gasteiger charge is 2.18. The summed E-state index contributed by atoms with van der Waals surface area (Å²) in [7, 11) is 0. The molecule has 1 aromatic rings. The Bertz CT molecular complexity index is 491. The van der Waals surface area contributed by atoms with Crippen LogP contribution >= 0.6 is 0 Å². The van der Waals surface area contributed by atoms with Crippen LogP contribution in [-0.2, 0) is 16.1 Å². The lowest BCUT2D eigenvalue weighted by atomic mass is 10.1. The molecule has 4 heteroatoms. The van der Waals surface area contributed by atoms with Crippen LogP contribution in [0.3, 0.4) is 0 Å². The maximum absolute atomic E-state index is 12.1. The van der Waals surface area contributed by atoms with Crippen molar-refractivity contribution in [2.75, 3.05) is 0 Å². The van der Waals surface area contributed by atoms with Gasteiger partial charge in [-0.05, 0) is 24.8 Å². The standard InChI is InChI=1S/C17H22N2O2/c1-3-4-5-9-12-16(19-14(2)20)17(21)18-13-15-10-7-6-8-11-15/h1,6-8,10-11,16H,4-5,9,12-13H2,2H3,(H,18,21)(H,19,20). The average Bonchev–Trinajstić information content (AvgIpc) is 2.48. The Morgan fingerprint density at radius 1 is 1.24 bits per heavy atom. The molecule has 21 heavy (non-hydrogen) atoms. The zero-order chi connectivity index (χ0) is 15.5. The molecule has 2 amide bonds. The number of hydrogen-bond acceptors (Lipinski definition) is 2. The summed E-state index contributed by atoms with van der Waals surface area (Å²) >= 11 is 0. The van der Waals surface area contributed by atoms with Gasteiger partial charge in [0.05, 0.1) is 0 Å². The van der Waals surface area contributed by atoms with E-state index in [1.165, 1.54) is 6.92 Å². The van der Waals surface area contributed by atoms with Gasteiger partial charge >= 0.3 is 0 Å². The third kappa shape index (κ3) is 7.17. The Morgan fingerprint density at radius 3 is 2.57 bits per heavy atom. The summed E-state index contributed by atoms with van der Waals surface area (Å²) in [4.78, 5) is 23.3. The molecular weight excluding hydrogens is 264 g/mol. The normalized spacial score (nSPS) is 11.2. The molecule has 0 radical (unpaired) electrons. The van der Waals surface area contributed by atoms with E-state index < -0.39 is 6.04 Å². The highest BCUT2D eigenvalue weighted by atomic mass is 16.2. The van der Waals surface area contributed by atoms with Crippen LogP contribution in [0.15, 0.2) is 30.3 Å². The fourth-order valence-electron chi connectivity index (χ4n) is 2.00. The van der Waals surface area contributed by atoms with Crippen molar-refractivity contribution in [1.29, 1.82) is 0 Å². The van der Waals surface area contributed by atoms with E-state index in [2.05, 4.69) is 16.6 Å². The number of benzene rings is 1. The smallest absolute Gasteiger partial charge is 0.242 e. The van der Waals surface area contributed by atoms with Gasteiger partial charge in [-0.1, -0.05) is 30.3 Å². The molecule has 1 aromatic carbocycles. The van der Waals surface area contributed by atoms with E-state index in [0.717, 1.165) is 18.4 Å². The number of carbonyl (C=O) groups excluding carboxylic acids is 2. The van der Waals surface area contributed by atoms with Crippen molar-refractivity contribution >= 4 is 11.8 Å². The lowest BCUT2D eigenvalue weighted by Gasteiger charge is -2.17. The third-order valence-electron chi connectivity index (χ3n) is 3.07. The van der Waals surface area contributed by atoms with Crippen LogP contribution in [0.4, 0.5) is 0 Å². The van der Waals surface area contributed by atoms with Gasteiger partial charge in [-0.2, -0.15) is 0 Å². The van der Waals surface area contributed by atoms with Crippen molar-refractivity contribution in [3.63, 3.8) is 0 Å². The van der Waals surface area contributed by atoms with Gasteiger partial charge in [0.25, 0.3) is 0 Å². The lowest BCUT2D eigenvalue weighted by Crippen LogP contribution is -2.45. The predicted molar refractivity (Wildman–Crippen MR) is 83.2 cm³/mol. The summed E-state index contributed by atoms with van der Waals surface area (Å²) in [6, 6.07) is 9.17.